The first kappa shape index (κ1) is 13.6. The highest BCUT2D eigenvalue weighted by Crippen LogP contribution is 2.29. The number of nitrogens with zero attached hydrogens (tertiary/aromatic N) is 1. The molecule has 1 aliphatic carbocycles. The van der Waals surface area contributed by atoms with Gasteiger partial charge in [-0.2, -0.15) is 4.31 Å². The Labute approximate surface area is 107 Å². The minimum absolute atomic E-state index is 0.0762. The van der Waals surface area contributed by atoms with E-state index in [9.17, 15) is 8.42 Å². The van der Waals surface area contributed by atoms with Gasteiger partial charge in [-0.25, -0.2) is 8.42 Å². The van der Waals surface area contributed by atoms with Crippen LogP contribution in [-0.4, -0.2) is 30.9 Å². The second kappa shape index (κ2) is 5.42. The fourth-order valence-electron chi connectivity index (χ4n) is 2.07. The van der Waals surface area contributed by atoms with Crippen LogP contribution < -0.4 is 0 Å². The normalized spacial score (nSPS) is 17.1. The summed E-state index contributed by atoms with van der Waals surface area (Å²) in [6.45, 7) is 2.54. The van der Waals surface area contributed by atoms with Gasteiger partial charge in [-0.1, -0.05) is 13.3 Å². The number of rotatable bonds is 6. The van der Waals surface area contributed by atoms with Crippen LogP contribution in [0.3, 0.4) is 0 Å². The lowest BCUT2D eigenvalue weighted by Crippen LogP contribution is -2.37. The van der Waals surface area contributed by atoms with Gasteiger partial charge < -0.3 is 9.52 Å². The lowest BCUT2D eigenvalue weighted by atomic mass is 9.85. The molecule has 6 heteroatoms. The Morgan fingerprint density at radius 3 is 2.61 bits per heavy atom. The highest BCUT2D eigenvalue weighted by atomic mass is 32.2. The monoisotopic (exact) mass is 273 g/mol. The Bertz CT molecular complexity index is 490. The van der Waals surface area contributed by atoms with E-state index >= 15 is 0 Å². The number of hydrogen-bond donors (Lipinski definition) is 1. The van der Waals surface area contributed by atoms with Crippen molar-refractivity contribution in [2.75, 3.05) is 13.1 Å². The van der Waals surface area contributed by atoms with Gasteiger partial charge in [0.25, 0.3) is 10.0 Å². The Morgan fingerprint density at radius 1 is 1.44 bits per heavy atom. The topological polar surface area (TPSA) is 70.8 Å². The molecule has 0 bridgehead atoms. The molecule has 0 aliphatic heterocycles. The molecule has 102 valence electrons. The molecular weight excluding hydrogens is 254 g/mol. The van der Waals surface area contributed by atoms with Crippen LogP contribution in [0.1, 0.15) is 31.9 Å². The fourth-order valence-corrected chi connectivity index (χ4v) is 3.52. The number of sulfonamides is 1. The van der Waals surface area contributed by atoms with Crippen LogP contribution in [-0.2, 0) is 16.6 Å². The second-order valence-electron chi connectivity index (χ2n) is 4.63. The summed E-state index contributed by atoms with van der Waals surface area (Å²) in [5, 5.41) is 8.83. The van der Waals surface area contributed by atoms with Gasteiger partial charge in [0.05, 0.1) is 0 Å². The standard InChI is InChI=1S/C12H19NO4S/c1-2-13(8-10-4-3-5-10)18(15,16)12-7-6-11(9-14)17-12/h6-7,10,14H,2-5,8-9H2,1H3. The van der Waals surface area contributed by atoms with Crippen LogP contribution >= 0.6 is 0 Å². The summed E-state index contributed by atoms with van der Waals surface area (Å²) in [5.74, 6) is 0.750. The number of furan rings is 1. The van der Waals surface area contributed by atoms with E-state index < -0.39 is 10.0 Å². The summed E-state index contributed by atoms with van der Waals surface area (Å²) in [7, 11) is -3.56. The third-order valence-corrected chi connectivity index (χ3v) is 5.24. The number of aliphatic hydroxyl groups excluding tert-OH is 1. The number of hydrogen-bond acceptors (Lipinski definition) is 4. The van der Waals surface area contributed by atoms with Crippen molar-refractivity contribution in [3.8, 4) is 0 Å². The van der Waals surface area contributed by atoms with Crippen molar-refractivity contribution in [3.05, 3.63) is 17.9 Å². The van der Waals surface area contributed by atoms with Crippen molar-refractivity contribution in [2.24, 2.45) is 5.92 Å². The van der Waals surface area contributed by atoms with Crippen molar-refractivity contribution < 1.29 is 17.9 Å². The molecular formula is C12H19NO4S. The van der Waals surface area contributed by atoms with Crippen LogP contribution in [0.2, 0.25) is 0 Å². The van der Waals surface area contributed by atoms with Crippen molar-refractivity contribution >= 4 is 10.0 Å². The molecule has 0 unspecified atom stereocenters. The lowest BCUT2D eigenvalue weighted by molar-refractivity contribution is 0.229. The zero-order chi connectivity index (χ0) is 13.2. The third-order valence-electron chi connectivity index (χ3n) is 3.43. The second-order valence-corrected chi connectivity index (χ2v) is 6.50. The van der Waals surface area contributed by atoms with Crippen molar-refractivity contribution in [1.82, 2.24) is 4.31 Å². The largest absolute Gasteiger partial charge is 0.446 e. The van der Waals surface area contributed by atoms with Gasteiger partial charge in [-0.3, -0.25) is 0 Å². The Balaban J connectivity index is 2.16. The quantitative estimate of drug-likeness (QED) is 0.854. The maximum absolute atomic E-state index is 12.3. The van der Waals surface area contributed by atoms with E-state index in [1.165, 1.54) is 22.9 Å². The Kier molecular flexibility index (Phi) is 4.09. The van der Waals surface area contributed by atoms with Gasteiger partial charge in [0.15, 0.2) is 0 Å². The van der Waals surface area contributed by atoms with Crippen LogP contribution in [0.4, 0.5) is 0 Å². The van der Waals surface area contributed by atoms with E-state index in [0.717, 1.165) is 12.8 Å². The van der Waals surface area contributed by atoms with Crippen LogP contribution in [0.15, 0.2) is 21.6 Å². The van der Waals surface area contributed by atoms with E-state index in [1.54, 1.807) is 0 Å². The molecule has 1 N–H and O–H groups in total. The lowest BCUT2D eigenvalue weighted by Gasteiger charge is -2.30. The maximum atomic E-state index is 12.3. The first-order valence-corrected chi connectivity index (χ1v) is 7.71. The van der Waals surface area contributed by atoms with Gasteiger partial charge in [-0.15, -0.1) is 0 Å². The van der Waals surface area contributed by atoms with Gasteiger partial charge in [0.1, 0.15) is 12.4 Å². The fraction of sp³-hybridized carbons (Fsp3) is 0.667. The summed E-state index contributed by atoms with van der Waals surface area (Å²) in [6, 6.07) is 2.90. The summed E-state index contributed by atoms with van der Waals surface area (Å²) in [4.78, 5) is 0. The van der Waals surface area contributed by atoms with Gasteiger partial charge in [0.2, 0.25) is 5.09 Å². The zero-order valence-electron chi connectivity index (χ0n) is 10.5. The molecule has 18 heavy (non-hydrogen) atoms. The smallest absolute Gasteiger partial charge is 0.276 e. The van der Waals surface area contributed by atoms with E-state index in [0.29, 0.717) is 19.0 Å². The van der Waals surface area contributed by atoms with E-state index in [4.69, 9.17) is 9.52 Å². The molecule has 0 amide bonds. The predicted octanol–water partition coefficient (Wildman–Crippen LogP) is 1.58. The maximum Gasteiger partial charge on any atom is 0.276 e. The SMILES string of the molecule is CCN(CC1CCC1)S(=O)(=O)c1ccc(CO)o1. The van der Waals surface area contributed by atoms with E-state index in [-0.39, 0.29) is 17.5 Å². The van der Waals surface area contributed by atoms with Gasteiger partial charge in [0, 0.05) is 13.1 Å². The molecule has 1 heterocycles. The van der Waals surface area contributed by atoms with Crippen molar-refractivity contribution in [3.63, 3.8) is 0 Å². The molecule has 1 fully saturated rings. The van der Waals surface area contributed by atoms with E-state index in [2.05, 4.69) is 0 Å². The van der Waals surface area contributed by atoms with Crippen LogP contribution in [0.25, 0.3) is 0 Å². The Morgan fingerprint density at radius 2 is 2.17 bits per heavy atom. The number of aliphatic hydroxyl groups is 1. The summed E-state index contributed by atoms with van der Waals surface area (Å²) in [6.07, 6.45) is 3.40. The highest BCUT2D eigenvalue weighted by Gasteiger charge is 2.30. The van der Waals surface area contributed by atoms with Crippen molar-refractivity contribution in [2.45, 2.75) is 37.9 Å². The predicted molar refractivity (Wildman–Crippen MR) is 66.4 cm³/mol. The Hall–Kier alpha value is -0.850. The molecule has 0 atom stereocenters. The molecule has 1 aromatic heterocycles. The van der Waals surface area contributed by atoms with Gasteiger partial charge in [-0.05, 0) is 30.9 Å². The van der Waals surface area contributed by atoms with Crippen LogP contribution in [0.5, 0.6) is 0 Å². The average molecular weight is 273 g/mol. The minimum atomic E-state index is -3.56. The molecule has 1 aliphatic rings. The third kappa shape index (κ3) is 2.60. The zero-order valence-corrected chi connectivity index (χ0v) is 11.3. The van der Waals surface area contributed by atoms with Crippen molar-refractivity contribution in [1.29, 1.82) is 0 Å². The van der Waals surface area contributed by atoms with Crippen LogP contribution in [0, 0.1) is 5.92 Å². The average Bonchev–Trinajstić information content (AvgIpc) is 2.76. The molecule has 0 aromatic carbocycles. The molecule has 1 saturated carbocycles. The first-order chi connectivity index (χ1) is 8.57. The molecule has 0 radical (unpaired) electrons. The minimum Gasteiger partial charge on any atom is -0.446 e. The summed E-state index contributed by atoms with van der Waals surface area (Å²) >= 11 is 0. The highest BCUT2D eigenvalue weighted by molar-refractivity contribution is 7.89. The summed E-state index contributed by atoms with van der Waals surface area (Å²) in [5.41, 5.74) is 0. The first-order valence-electron chi connectivity index (χ1n) is 6.27. The molecule has 0 saturated heterocycles. The van der Waals surface area contributed by atoms with E-state index in [1.807, 2.05) is 6.92 Å². The summed E-state index contributed by atoms with van der Waals surface area (Å²) < 4.78 is 31.2. The molecule has 1 aromatic rings. The molecule has 5 nitrogen and oxygen atoms in total. The van der Waals surface area contributed by atoms with Gasteiger partial charge >= 0.3 is 0 Å². The molecule has 0 spiro atoms. The molecule has 2 rings (SSSR count).